The lowest BCUT2D eigenvalue weighted by molar-refractivity contribution is -0.134. The van der Waals surface area contributed by atoms with E-state index in [0.29, 0.717) is 13.2 Å². The van der Waals surface area contributed by atoms with Gasteiger partial charge < -0.3 is 19.9 Å². The van der Waals surface area contributed by atoms with E-state index in [1.165, 1.54) is 0 Å². The van der Waals surface area contributed by atoms with Gasteiger partial charge >= 0.3 is 0 Å². The van der Waals surface area contributed by atoms with Crippen LogP contribution >= 0.6 is 0 Å². The highest BCUT2D eigenvalue weighted by atomic mass is 16.7. The Morgan fingerprint density at radius 2 is 2.45 bits per heavy atom. The van der Waals surface area contributed by atoms with Crippen LogP contribution in [-0.4, -0.2) is 38.8 Å². The summed E-state index contributed by atoms with van der Waals surface area (Å²) in [6, 6.07) is 0. The quantitative estimate of drug-likeness (QED) is 0.618. The monoisotopic (exact) mass is 161 g/mol. The molecule has 0 aromatic heterocycles. The molecular formula is C7H15NO3. The van der Waals surface area contributed by atoms with Crippen LogP contribution in [0, 0.1) is 0 Å². The Labute approximate surface area is 66.6 Å². The van der Waals surface area contributed by atoms with Gasteiger partial charge in [0, 0.05) is 13.7 Å². The minimum atomic E-state index is -0.242. The normalized spacial score (nSPS) is 34.1. The second-order valence-corrected chi connectivity index (χ2v) is 2.64. The van der Waals surface area contributed by atoms with E-state index in [1.54, 1.807) is 7.11 Å². The summed E-state index contributed by atoms with van der Waals surface area (Å²) in [5.41, 5.74) is 5.39. The summed E-state index contributed by atoms with van der Waals surface area (Å²) >= 11 is 0. The van der Waals surface area contributed by atoms with Crippen LogP contribution in [0.5, 0.6) is 0 Å². The lowest BCUT2D eigenvalue weighted by Gasteiger charge is -2.16. The number of hydrogen-bond donors (Lipinski definition) is 1. The van der Waals surface area contributed by atoms with Crippen molar-refractivity contribution in [3.63, 3.8) is 0 Å². The van der Waals surface area contributed by atoms with Gasteiger partial charge in [-0.05, 0) is 6.92 Å². The maximum Gasteiger partial charge on any atom is 0.184 e. The first-order chi connectivity index (χ1) is 5.27. The van der Waals surface area contributed by atoms with Gasteiger partial charge in [-0.1, -0.05) is 0 Å². The third kappa shape index (κ3) is 2.13. The predicted molar refractivity (Wildman–Crippen MR) is 40.1 cm³/mol. The molecule has 3 unspecified atom stereocenters. The molecule has 0 saturated carbocycles. The Kier molecular flexibility index (Phi) is 3.26. The van der Waals surface area contributed by atoms with Crippen molar-refractivity contribution >= 4 is 0 Å². The zero-order valence-electron chi connectivity index (χ0n) is 6.95. The van der Waals surface area contributed by atoms with E-state index in [9.17, 15) is 0 Å². The molecule has 0 amide bonds. The standard InChI is InChI=1S/C7H15NO3/c1-5(9-2)7-10-4-6(3-8)11-7/h5-7H,3-4,8H2,1-2H3. The second-order valence-electron chi connectivity index (χ2n) is 2.64. The van der Waals surface area contributed by atoms with Crippen molar-refractivity contribution in [1.29, 1.82) is 0 Å². The highest BCUT2D eigenvalue weighted by molar-refractivity contribution is 4.69. The molecule has 4 heteroatoms. The molecule has 0 aromatic rings. The Bertz CT molecular complexity index is 120. The van der Waals surface area contributed by atoms with Crippen LogP contribution < -0.4 is 5.73 Å². The van der Waals surface area contributed by atoms with Gasteiger partial charge in [-0.25, -0.2) is 0 Å². The first-order valence-corrected chi connectivity index (χ1v) is 3.78. The van der Waals surface area contributed by atoms with Gasteiger partial charge in [-0.15, -0.1) is 0 Å². The molecule has 11 heavy (non-hydrogen) atoms. The second kappa shape index (κ2) is 4.01. The smallest absolute Gasteiger partial charge is 0.184 e. The largest absolute Gasteiger partial charge is 0.376 e. The van der Waals surface area contributed by atoms with Crippen molar-refractivity contribution in [3.8, 4) is 0 Å². The summed E-state index contributed by atoms with van der Waals surface area (Å²) < 4.78 is 15.7. The van der Waals surface area contributed by atoms with Gasteiger partial charge in [-0.3, -0.25) is 0 Å². The molecule has 0 spiro atoms. The van der Waals surface area contributed by atoms with Crippen molar-refractivity contribution in [1.82, 2.24) is 0 Å². The molecule has 0 aromatic carbocycles. The average molecular weight is 161 g/mol. The molecule has 1 aliphatic heterocycles. The molecule has 1 fully saturated rings. The predicted octanol–water partition coefficient (Wildman–Crippen LogP) is -0.278. The van der Waals surface area contributed by atoms with E-state index in [0.717, 1.165) is 0 Å². The minimum absolute atomic E-state index is 0.0217. The summed E-state index contributed by atoms with van der Waals surface area (Å²) in [7, 11) is 1.63. The molecule has 1 aliphatic rings. The third-order valence-electron chi connectivity index (χ3n) is 1.79. The summed E-state index contributed by atoms with van der Waals surface area (Å²) in [5.74, 6) is 0. The summed E-state index contributed by atoms with van der Waals surface area (Å²) in [5, 5.41) is 0. The molecule has 1 heterocycles. The minimum Gasteiger partial charge on any atom is -0.376 e. The number of methoxy groups -OCH3 is 1. The Morgan fingerprint density at radius 1 is 1.73 bits per heavy atom. The number of ether oxygens (including phenoxy) is 3. The van der Waals surface area contributed by atoms with Crippen LogP contribution in [0.25, 0.3) is 0 Å². The van der Waals surface area contributed by atoms with Crippen molar-refractivity contribution in [2.75, 3.05) is 20.3 Å². The average Bonchev–Trinajstić information content (AvgIpc) is 2.50. The molecule has 1 saturated heterocycles. The molecule has 4 nitrogen and oxygen atoms in total. The number of nitrogens with two attached hydrogens (primary N) is 1. The topological polar surface area (TPSA) is 53.7 Å². The fourth-order valence-electron chi connectivity index (χ4n) is 0.951. The van der Waals surface area contributed by atoms with E-state index in [-0.39, 0.29) is 18.5 Å². The third-order valence-corrected chi connectivity index (χ3v) is 1.79. The highest BCUT2D eigenvalue weighted by Gasteiger charge is 2.29. The summed E-state index contributed by atoms with van der Waals surface area (Å²) in [6.07, 6.45) is -0.224. The van der Waals surface area contributed by atoms with Gasteiger partial charge in [0.1, 0.15) is 6.10 Å². The zero-order valence-corrected chi connectivity index (χ0v) is 6.95. The molecule has 3 atom stereocenters. The Balaban J connectivity index is 2.29. The SMILES string of the molecule is COC(C)C1OCC(CN)O1. The van der Waals surface area contributed by atoms with Crippen LogP contribution in [0.4, 0.5) is 0 Å². The number of hydrogen-bond acceptors (Lipinski definition) is 4. The fourth-order valence-corrected chi connectivity index (χ4v) is 0.951. The lowest BCUT2D eigenvalue weighted by atomic mass is 10.4. The maximum absolute atomic E-state index is 5.39. The van der Waals surface area contributed by atoms with E-state index < -0.39 is 0 Å². The fraction of sp³-hybridized carbons (Fsp3) is 1.00. The van der Waals surface area contributed by atoms with E-state index in [1.807, 2.05) is 6.92 Å². The van der Waals surface area contributed by atoms with E-state index in [4.69, 9.17) is 19.9 Å². The highest BCUT2D eigenvalue weighted by Crippen LogP contribution is 2.15. The van der Waals surface area contributed by atoms with Crippen LogP contribution in [-0.2, 0) is 14.2 Å². The van der Waals surface area contributed by atoms with Crippen molar-refractivity contribution in [3.05, 3.63) is 0 Å². The van der Waals surface area contributed by atoms with Gasteiger partial charge in [-0.2, -0.15) is 0 Å². The lowest BCUT2D eigenvalue weighted by Crippen LogP contribution is -2.28. The molecule has 0 aliphatic carbocycles. The van der Waals surface area contributed by atoms with Gasteiger partial charge in [0.05, 0.1) is 12.7 Å². The van der Waals surface area contributed by atoms with Gasteiger partial charge in [0.15, 0.2) is 6.29 Å². The van der Waals surface area contributed by atoms with Crippen LogP contribution in [0.2, 0.25) is 0 Å². The van der Waals surface area contributed by atoms with Crippen molar-refractivity contribution < 1.29 is 14.2 Å². The summed E-state index contributed by atoms with van der Waals surface area (Å²) in [4.78, 5) is 0. The first-order valence-electron chi connectivity index (χ1n) is 3.78. The van der Waals surface area contributed by atoms with Gasteiger partial charge in [0.2, 0.25) is 0 Å². The first kappa shape index (κ1) is 8.93. The van der Waals surface area contributed by atoms with Crippen molar-refractivity contribution in [2.24, 2.45) is 5.73 Å². The molecule has 2 N–H and O–H groups in total. The summed E-state index contributed by atoms with van der Waals surface area (Å²) in [6.45, 7) is 2.99. The zero-order chi connectivity index (χ0) is 8.27. The number of rotatable bonds is 3. The van der Waals surface area contributed by atoms with E-state index >= 15 is 0 Å². The van der Waals surface area contributed by atoms with Crippen LogP contribution in [0.1, 0.15) is 6.92 Å². The maximum atomic E-state index is 5.39. The van der Waals surface area contributed by atoms with E-state index in [2.05, 4.69) is 0 Å². The molecule has 1 rings (SSSR count). The Hall–Kier alpha value is -0.160. The molecule has 66 valence electrons. The molecular weight excluding hydrogens is 146 g/mol. The van der Waals surface area contributed by atoms with Crippen LogP contribution in [0.15, 0.2) is 0 Å². The van der Waals surface area contributed by atoms with Crippen molar-refractivity contribution in [2.45, 2.75) is 25.4 Å². The Morgan fingerprint density at radius 3 is 2.91 bits per heavy atom. The van der Waals surface area contributed by atoms with Gasteiger partial charge in [0.25, 0.3) is 0 Å². The molecule has 0 bridgehead atoms. The van der Waals surface area contributed by atoms with Crippen LogP contribution in [0.3, 0.4) is 0 Å². The molecule has 0 radical (unpaired) electrons.